The van der Waals surface area contributed by atoms with Gasteiger partial charge < -0.3 is 5.32 Å². The summed E-state index contributed by atoms with van der Waals surface area (Å²) in [6.45, 7) is 12.9. The van der Waals surface area contributed by atoms with Crippen LogP contribution in [-0.2, 0) is 0 Å². The Labute approximate surface area is 95.4 Å². The Hall–Kier alpha value is -0.0800. The van der Waals surface area contributed by atoms with Crippen molar-refractivity contribution in [3.63, 3.8) is 0 Å². The predicted molar refractivity (Wildman–Crippen MR) is 67.3 cm³/mol. The fraction of sp³-hybridized carbons (Fsp3) is 1.00. The number of hydrogen-bond acceptors (Lipinski definition) is 2. The third kappa shape index (κ3) is 3.76. The van der Waals surface area contributed by atoms with Gasteiger partial charge in [0.2, 0.25) is 0 Å². The van der Waals surface area contributed by atoms with E-state index in [2.05, 4.69) is 37.9 Å². The Bertz CT molecular complexity index is 181. The number of unbranched alkanes of at least 4 members (excludes halogenated alkanes) is 1. The zero-order valence-corrected chi connectivity index (χ0v) is 11.0. The lowest BCUT2D eigenvalue weighted by atomic mass is 9.94. The SMILES string of the molecule is CCCCC(C)N1CCNC(C)(CC)C1. The first-order chi connectivity index (χ1) is 7.11. The van der Waals surface area contributed by atoms with Crippen LogP contribution in [0.4, 0.5) is 0 Å². The number of rotatable bonds is 5. The molecule has 0 bridgehead atoms. The smallest absolute Gasteiger partial charge is 0.0278 e. The van der Waals surface area contributed by atoms with Crippen LogP contribution in [0, 0.1) is 0 Å². The Balaban J connectivity index is 2.41. The standard InChI is InChI=1S/C13H28N2/c1-5-7-8-12(3)15-10-9-14-13(4,6-2)11-15/h12,14H,5-11H2,1-4H3. The predicted octanol–water partition coefficient (Wildman–Crippen LogP) is 2.64. The Morgan fingerprint density at radius 3 is 2.73 bits per heavy atom. The highest BCUT2D eigenvalue weighted by Gasteiger charge is 2.30. The minimum atomic E-state index is 0.346. The minimum absolute atomic E-state index is 0.346. The summed E-state index contributed by atoms with van der Waals surface area (Å²) in [6.07, 6.45) is 5.27. The van der Waals surface area contributed by atoms with E-state index in [4.69, 9.17) is 0 Å². The van der Waals surface area contributed by atoms with Crippen LogP contribution in [0.5, 0.6) is 0 Å². The van der Waals surface area contributed by atoms with Gasteiger partial charge in [-0.2, -0.15) is 0 Å². The van der Waals surface area contributed by atoms with E-state index in [1.165, 1.54) is 38.8 Å². The molecule has 0 aromatic heterocycles. The molecule has 2 unspecified atom stereocenters. The molecule has 1 aliphatic rings. The highest BCUT2D eigenvalue weighted by molar-refractivity contribution is 4.91. The molecule has 2 heteroatoms. The summed E-state index contributed by atoms with van der Waals surface area (Å²) >= 11 is 0. The lowest BCUT2D eigenvalue weighted by molar-refractivity contribution is 0.0997. The molecule has 0 aliphatic carbocycles. The Morgan fingerprint density at radius 2 is 2.13 bits per heavy atom. The molecule has 1 heterocycles. The van der Waals surface area contributed by atoms with Gasteiger partial charge in [0.25, 0.3) is 0 Å². The molecule has 0 radical (unpaired) electrons. The zero-order valence-electron chi connectivity index (χ0n) is 11.0. The van der Waals surface area contributed by atoms with Gasteiger partial charge in [-0.25, -0.2) is 0 Å². The molecule has 1 fully saturated rings. The molecule has 0 spiro atoms. The van der Waals surface area contributed by atoms with Gasteiger partial charge in [0.15, 0.2) is 0 Å². The van der Waals surface area contributed by atoms with Crippen LogP contribution < -0.4 is 5.32 Å². The quantitative estimate of drug-likeness (QED) is 0.753. The molecule has 0 aromatic rings. The van der Waals surface area contributed by atoms with E-state index in [0.717, 1.165) is 12.6 Å². The maximum Gasteiger partial charge on any atom is 0.0278 e. The normalized spacial score (nSPS) is 30.4. The van der Waals surface area contributed by atoms with Crippen LogP contribution in [0.2, 0.25) is 0 Å². The molecule has 0 aromatic carbocycles. The van der Waals surface area contributed by atoms with Crippen LogP contribution in [0.25, 0.3) is 0 Å². The summed E-state index contributed by atoms with van der Waals surface area (Å²) in [6, 6.07) is 0.762. The first-order valence-corrected chi connectivity index (χ1v) is 6.60. The molecule has 2 atom stereocenters. The molecule has 0 amide bonds. The lowest BCUT2D eigenvalue weighted by Gasteiger charge is -2.43. The van der Waals surface area contributed by atoms with Crippen molar-refractivity contribution in [3.05, 3.63) is 0 Å². The molecular formula is C13H28N2. The zero-order chi connectivity index (χ0) is 11.3. The average Bonchev–Trinajstić information content (AvgIpc) is 2.26. The van der Waals surface area contributed by atoms with E-state index in [1.54, 1.807) is 0 Å². The van der Waals surface area contributed by atoms with Crippen molar-refractivity contribution in [3.8, 4) is 0 Å². The first kappa shape index (κ1) is 13.0. The van der Waals surface area contributed by atoms with Crippen molar-refractivity contribution >= 4 is 0 Å². The fourth-order valence-corrected chi connectivity index (χ4v) is 2.38. The van der Waals surface area contributed by atoms with E-state index >= 15 is 0 Å². The van der Waals surface area contributed by atoms with E-state index in [9.17, 15) is 0 Å². The van der Waals surface area contributed by atoms with Gasteiger partial charge in [0.1, 0.15) is 0 Å². The molecule has 1 saturated heterocycles. The third-order valence-electron chi connectivity index (χ3n) is 3.88. The number of nitrogens with one attached hydrogen (secondary N) is 1. The lowest BCUT2D eigenvalue weighted by Crippen LogP contribution is -2.60. The Morgan fingerprint density at radius 1 is 1.40 bits per heavy atom. The van der Waals surface area contributed by atoms with Gasteiger partial charge in [-0.1, -0.05) is 26.7 Å². The topological polar surface area (TPSA) is 15.3 Å². The van der Waals surface area contributed by atoms with Crippen molar-refractivity contribution < 1.29 is 0 Å². The largest absolute Gasteiger partial charge is 0.309 e. The molecule has 15 heavy (non-hydrogen) atoms. The minimum Gasteiger partial charge on any atom is -0.309 e. The monoisotopic (exact) mass is 212 g/mol. The maximum atomic E-state index is 3.64. The summed E-state index contributed by atoms with van der Waals surface area (Å²) in [4.78, 5) is 2.66. The van der Waals surface area contributed by atoms with Gasteiger partial charge in [-0.05, 0) is 26.7 Å². The van der Waals surface area contributed by atoms with Crippen LogP contribution in [0.15, 0.2) is 0 Å². The number of hydrogen-bond donors (Lipinski definition) is 1. The average molecular weight is 212 g/mol. The summed E-state index contributed by atoms with van der Waals surface area (Å²) < 4.78 is 0. The highest BCUT2D eigenvalue weighted by Crippen LogP contribution is 2.19. The number of piperazine rings is 1. The van der Waals surface area contributed by atoms with Crippen molar-refractivity contribution in [1.82, 2.24) is 10.2 Å². The van der Waals surface area contributed by atoms with Gasteiger partial charge >= 0.3 is 0 Å². The highest BCUT2D eigenvalue weighted by atomic mass is 15.2. The molecule has 0 saturated carbocycles. The summed E-state index contributed by atoms with van der Waals surface area (Å²) in [7, 11) is 0. The van der Waals surface area contributed by atoms with Crippen LogP contribution in [0.3, 0.4) is 0 Å². The van der Waals surface area contributed by atoms with Crippen molar-refractivity contribution in [2.75, 3.05) is 19.6 Å². The van der Waals surface area contributed by atoms with Gasteiger partial charge in [0, 0.05) is 31.2 Å². The second kappa shape index (κ2) is 5.86. The van der Waals surface area contributed by atoms with Crippen LogP contribution in [0.1, 0.15) is 53.4 Å². The third-order valence-corrected chi connectivity index (χ3v) is 3.88. The first-order valence-electron chi connectivity index (χ1n) is 6.60. The van der Waals surface area contributed by atoms with Gasteiger partial charge in [-0.15, -0.1) is 0 Å². The van der Waals surface area contributed by atoms with Crippen molar-refractivity contribution in [2.45, 2.75) is 65.0 Å². The molecule has 1 aliphatic heterocycles. The summed E-state index contributed by atoms with van der Waals surface area (Å²) in [5, 5.41) is 3.64. The van der Waals surface area contributed by atoms with Gasteiger partial charge in [0.05, 0.1) is 0 Å². The summed E-state index contributed by atoms with van der Waals surface area (Å²) in [5.74, 6) is 0. The molecule has 1 N–H and O–H groups in total. The second-order valence-corrected chi connectivity index (χ2v) is 5.30. The van der Waals surface area contributed by atoms with Crippen molar-refractivity contribution in [2.24, 2.45) is 0 Å². The van der Waals surface area contributed by atoms with Crippen LogP contribution in [-0.4, -0.2) is 36.1 Å². The van der Waals surface area contributed by atoms with E-state index in [0.29, 0.717) is 5.54 Å². The molecule has 1 rings (SSSR count). The maximum absolute atomic E-state index is 3.64. The van der Waals surface area contributed by atoms with E-state index in [1.807, 2.05) is 0 Å². The van der Waals surface area contributed by atoms with E-state index < -0.39 is 0 Å². The van der Waals surface area contributed by atoms with E-state index in [-0.39, 0.29) is 0 Å². The molecular weight excluding hydrogens is 184 g/mol. The number of nitrogens with zero attached hydrogens (tertiary/aromatic N) is 1. The summed E-state index contributed by atoms with van der Waals surface area (Å²) in [5.41, 5.74) is 0.346. The Kier molecular flexibility index (Phi) is 5.07. The van der Waals surface area contributed by atoms with Crippen LogP contribution >= 0.6 is 0 Å². The van der Waals surface area contributed by atoms with Crippen molar-refractivity contribution in [1.29, 1.82) is 0 Å². The molecule has 2 nitrogen and oxygen atoms in total. The second-order valence-electron chi connectivity index (χ2n) is 5.30. The molecule has 90 valence electrons. The fourth-order valence-electron chi connectivity index (χ4n) is 2.38. The van der Waals surface area contributed by atoms with Gasteiger partial charge in [-0.3, -0.25) is 4.90 Å².